The molecule has 7 aromatic carbocycles. The van der Waals surface area contributed by atoms with Crippen molar-refractivity contribution in [2.45, 2.75) is 0 Å². The maximum Gasteiger partial charge on any atom is 0.137 e. The van der Waals surface area contributed by atoms with E-state index in [-0.39, 0.29) is 0 Å². The SMILES string of the molecule is N#Cc1ccc(C#N)c(-n2c3ccccc3c3ccccc32)c1-c1ccc(-n2c3ccccc3c3cc4c(cc32)oc2ccccc24)cc1. The average Bonchev–Trinajstić information content (AvgIpc) is 3.80. The minimum absolute atomic E-state index is 0.502. The molecule has 0 N–H and O–H groups in total. The van der Waals surface area contributed by atoms with Crippen molar-refractivity contribution in [3.05, 3.63) is 157 Å². The summed E-state index contributed by atoms with van der Waals surface area (Å²) in [5, 5.41) is 27.6. The first kappa shape index (κ1) is 27.1. The van der Waals surface area contributed by atoms with Gasteiger partial charge < -0.3 is 13.6 Å². The van der Waals surface area contributed by atoms with Crippen molar-refractivity contribution in [1.82, 2.24) is 9.13 Å². The Hall–Kier alpha value is -7.08. The highest BCUT2D eigenvalue weighted by Gasteiger charge is 2.22. The Balaban J connectivity index is 1.22. The molecule has 0 radical (unpaired) electrons. The number of fused-ring (bicyclic) bond motifs is 9. The van der Waals surface area contributed by atoms with E-state index in [2.05, 4.69) is 112 Å². The lowest BCUT2D eigenvalue weighted by Gasteiger charge is -2.18. The Morgan fingerprint density at radius 2 is 0.980 bits per heavy atom. The minimum Gasteiger partial charge on any atom is -0.456 e. The number of rotatable bonds is 3. The van der Waals surface area contributed by atoms with Crippen LogP contribution < -0.4 is 0 Å². The summed E-state index contributed by atoms with van der Waals surface area (Å²) in [7, 11) is 0. The average molecular weight is 625 g/mol. The second-order valence-electron chi connectivity index (χ2n) is 12.3. The second-order valence-corrected chi connectivity index (χ2v) is 12.3. The lowest BCUT2D eigenvalue weighted by Crippen LogP contribution is -2.03. The van der Waals surface area contributed by atoms with Gasteiger partial charge in [0.25, 0.3) is 0 Å². The third-order valence-electron chi connectivity index (χ3n) is 9.81. The van der Waals surface area contributed by atoms with Gasteiger partial charge in [-0.3, -0.25) is 0 Å². The molecule has 10 rings (SSSR count). The molecule has 226 valence electrons. The number of furan rings is 1. The first-order chi connectivity index (χ1) is 24.2. The van der Waals surface area contributed by atoms with Gasteiger partial charge in [-0.1, -0.05) is 84.9 Å². The van der Waals surface area contributed by atoms with Crippen LogP contribution in [0.1, 0.15) is 11.1 Å². The van der Waals surface area contributed by atoms with Crippen LogP contribution in [0.3, 0.4) is 0 Å². The van der Waals surface area contributed by atoms with Crippen molar-refractivity contribution in [3.63, 3.8) is 0 Å². The molecule has 0 bridgehead atoms. The number of hydrogen-bond acceptors (Lipinski definition) is 3. The lowest BCUT2D eigenvalue weighted by molar-refractivity contribution is 0.669. The van der Waals surface area contributed by atoms with E-state index in [4.69, 9.17) is 4.42 Å². The molecule has 5 heteroatoms. The van der Waals surface area contributed by atoms with Crippen LogP contribution in [0.25, 0.3) is 88.1 Å². The van der Waals surface area contributed by atoms with E-state index in [0.717, 1.165) is 82.4 Å². The molecule has 10 aromatic rings. The summed E-state index contributed by atoms with van der Waals surface area (Å²) in [6, 6.07) is 54.1. The van der Waals surface area contributed by atoms with Crippen molar-refractivity contribution < 1.29 is 4.42 Å². The maximum atomic E-state index is 10.4. The number of para-hydroxylation sites is 4. The van der Waals surface area contributed by atoms with E-state index in [1.165, 1.54) is 0 Å². The van der Waals surface area contributed by atoms with Gasteiger partial charge in [0.1, 0.15) is 17.2 Å². The zero-order valence-corrected chi connectivity index (χ0v) is 26.1. The predicted octanol–water partition coefficient (Wildman–Crippen LogP) is 11.2. The van der Waals surface area contributed by atoms with Crippen molar-refractivity contribution in [2.75, 3.05) is 0 Å². The van der Waals surface area contributed by atoms with Gasteiger partial charge in [0, 0.05) is 49.6 Å². The lowest BCUT2D eigenvalue weighted by atomic mass is 9.94. The van der Waals surface area contributed by atoms with Gasteiger partial charge in [-0.05, 0) is 60.2 Å². The monoisotopic (exact) mass is 624 g/mol. The maximum absolute atomic E-state index is 10.4. The zero-order valence-electron chi connectivity index (χ0n) is 26.1. The Labute approximate surface area is 280 Å². The molecular weight excluding hydrogens is 601 g/mol. The van der Waals surface area contributed by atoms with E-state index in [1.54, 1.807) is 12.1 Å². The molecule has 3 heterocycles. The number of benzene rings is 7. The molecular formula is C44H24N4O. The molecule has 0 amide bonds. The molecule has 0 fully saturated rings. The Bertz CT molecular complexity index is 3020. The Morgan fingerprint density at radius 3 is 1.63 bits per heavy atom. The highest BCUT2D eigenvalue weighted by Crippen LogP contribution is 2.41. The summed E-state index contributed by atoms with van der Waals surface area (Å²) >= 11 is 0. The fourth-order valence-corrected chi connectivity index (χ4v) is 7.71. The van der Waals surface area contributed by atoms with E-state index in [9.17, 15) is 10.5 Å². The first-order valence-corrected chi connectivity index (χ1v) is 16.1. The Kier molecular flexibility index (Phi) is 5.64. The molecule has 0 saturated carbocycles. The van der Waals surface area contributed by atoms with Crippen LogP contribution in [0, 0.1) is 22.7 Å². The quantitative estimate of drug-likeness (QED) is 0.196. The molecule has 0 unspecified atom stereocenters. The Morgan fingerprint density at radius 1 is 0.429 bits per heavy atom. The summed E-state index contributed by atoms with van der Waals surface area (Å²) < 4.78 is 10.7. The number of nitriles is 2. The summed E-state index contributed by atoms with van der Waals surface area (Å²) in [6.07, 6.45) is 0. The largest absolute Gasteiger partial charge is 0.456 e. The molecule has 0 spiro atoms. The standard InChI is InChI=1S/C44H24N4O/c45-25-28-17-18-29(26-46)44(48-38-14-6-1-9-31(38)32-10-2-7-15-39(32)48)43(28)27-19-21-30(22-20-27)47-37-13-5-3-11-33(37)35-23-36-34-12-4-8-16-41(34)49-42(36)24-40(35)47/h1-24H. The molecule has 5 nitrogen and oxygen atoms in total. The van der Waals surface area contributed by atoms with Crippen LogP contribution in [0.4, 0.5) is 0 Å². The second kappa shape index (κ2) is 10.2. The van der Waals surface area contributed by atoms with E-state index < -0.39 is 0 Å². The van der Waals surface area contributed by atoms with Crippen molar-refractivity contribution in [2.24, 2.45) is 0 Å². The smallest absolute Gasteiger partial charge is 0.137 e. The van der Waals surface area contributed by atoms with Gasteiger partial charge in [-0.15, -0.1) is 0 Å². The molecule has 0 saturated heterocycles. The third kappa shape index (κ3) is 3.79. The molecule has 0 aliphatic rings. The van der Waals surface area contributed by atoms with E-state index in [1.807, 2.05) is 42.5 Å². The molecule has 3 aromatic heterocycles. The van der Waals surface area contributed by atoms with Crippen LogP contribution in [-0.2, 0) is 0 Å². The van der Waals surface area contributed by atoms with E-state index in [0.29, 0.717) is 16.8 Å². The number of hydrogen-bond donors (Lipinski definition) is 0. The fourth-order valence-electron chi connectivity index (χ4n) is 7.71. The molecule has 0 aliphatic carbocycles. The zero-order chi connectivity index (χ0) is 32.6. The highest BCUT2D eigenvalue weighted by molar-refractivity contribution is 6.17. The first-order valence-electron chi connectivity index (χ1n) is 16.1. The molecule has 0 aliphatic heterocycles. The van der Waals surface area contributed by atoms with Gasteiger partial charge >= 0.3 is 0 Å². The van der Waals surface area contributed by atoms with Gasteiger partial charge in [0.05, 0.1) is 45.0 Å². The van der Waals surface area contributed by atoms with Gasteiger partial charge in [0.2, 0.25) is 0 Å². The van der Waals surface area contributed by atoms with Crippen LogP contribution in [0.5, 0.6) is 0 Å². The van der Waals surface area contributed by atoms with Crippen molar-refractivity contribution in [1.29, 1.82) is 10.5 Å². The summed E-state index contributed by atoms with van der Waals surface area (Å²) in [5.74, 6) is 0. The number of aromatic nitrogens is 2. The molecule has 0 atom stereocenters. The fraction of sp³-hybridized carbons (Fsp3) is 0. The van der Waals surface area contributed by atoms with Gasteiger partial charge in [-0.2, -0.15) is 10.5 Å². The highest BCUT2D eigenvalue weighted by atomic mass is 16.3. The normalized spacial score (nSPS) is 11.6. The van der Waals surface area contributed by atoms with Crippen molar-refractivity contribution >= 4 is 65.6 Å². The van der Waals surface area contributed by atoms with E-state index >= 15 is 0 Å². The van der Waals surface area contributed by atoms with Crippen LogP contribution >= 0.6 is 0 Å². The van der Waals surface area contributed by atoms with Gasteiger partial charge in [-0.25, -0.2) is 0 Å². The van der Waals surface area contributed by atoms with Crippen LogP contribution in [0.15, 0.2) is 150 Å². The predicted molar refractivity (Wildman–Crippen MR) is 197 cm³/mol. The molecule has 49 heavy (non-hydrogen) atoms. The van der Waals surface area contributed by atoms with Crippen LogP contribution in [0.2, 0.25) is 0 Å². The topological polar surface area (TPSA) is 70.6 Å². The summed E-state index contributed by atoms with van der Waals surface area (Å²) in [4.78, 5) is 0. The van der Waals surface area contributed by atoms with Crippen LogP contribution in [-0.4, -0.2) is 9.13 Å². The minimum atomic E-state index is 0.502. The third-order valence-corrected chi connectivity index (χ3v) is 9.81. The number of nitrogens with zero attached hydrogens (tertiary/aromatic N) is 4. The summed E-state index contributed by atoms with van der Waals surface area (Å²) in [5.41, 5.74) is 10.1. The van der Waals surface area contributed by atoms with Gasteiger partial charge in [0.15, 0.2) is 0 Å². The summed E-state index contributed by atoms with van der Waals surface area (Å²) in [6.45, 7) is 0. The van der Waals surface area contributed by atoms with Crippen molar-refractivity contribution in [3.8, 4) is 34.6 Å².